The van der Waals surface area contributed by atoms with Crippen molar-refractivity contribution in [2.45, 2.75) is 309 Å². The van der Waals surface area contributed by atoms with Gasteiger partial charge in [-0.05, 0) is 0 Å². The average molecular weight is 1750 g/mol. The van der Waals surface area contributed by atoms with Gasteiger partial charge in [-0.25, -0.2) is 4.79 Å². The first-order chi connectivity index (χ1) is 56.2. The minimum absolute atomic E-state index is 0.858. The predicted octanol–water partition coefficient (Wildman–Crippen LogP) is -21.9. The molecule has 1 unspecified atom stereocenters. The molecule has 0 aromatic heterocycles. The van der Waals surface area contributed by atoms with E-state index < -0.39 is 384 Å². The maximum Gasteiger partial charge on any atom is 0.364 e. The normalized spacial score (nSPS) is 47.3. The molecule has 9 fully saturated rings. The number of carboxylic acids is 1. The first kappa shape index (κ1) is 98.4. The summed E-state index contributed by atoms with van der Waals surface area (Å²) in [6.45, 7) is -8.95. The fourth-order valence-electron chi connectivity index (χ4n) is 15.2. The van der Waals surface area contributed by atoms with Crippen molar-refractivity contribution < 1.29 is 247 Å². The van der Waals surface area contributed by atoms with Gasteiger partial charge in [-0.3, -0.25) is 19.2 Å². The number of carbonyl (C=O) groups excluding carboxylic acids is 4. The molecule has 9 heterocycles. The number of aliphatic carboxylic acids is 1. The second-order valence-corrected chi connectivity index (χ2v) is 29.6. The molecular formula is C65H108N4O50. The summed E-state index contributed by atoms with van der Waals surface area (Å²) in [4.78, 5) is 64.9. The Hall–Kier alpha value is -4.41. The van der Waals surface area contributed by atoms with Gasteiger partial charge in [-0.2, -0.15) is 0 Å². The maximum atomic E-state index is 13.3. The van der Waals surface area contributed by atoms with E-state index in [9.17, 15) is 167 Å². The van der Waals surface area contributed by atoms with E-state index in [0.717, 1.165) is 20.8 Å². The van der Waals surface area contributed by atoms with Crippen LogP contribution in [0, 0.1) is 0 Å². The smallest absolute Gasteiger partial charge is 0.364 e. The fourth-order valence-corrected chi connectivity index (χ4v) is 15.2. The molecule has 9 saturated heterocycles. The summed E-state index contributed by atoms with van der Waals surface area (Å²) in [7, 11) is 0. The minimum atomic E-state index is -3.38. The highest BCUT2D eigenvalue weighted by Crippen LogP contribution is 2.42. The highest BCUT2D eigenvalue weighted by molar-refractivity contribution is 5.78. The molecule has 54 heteroatoms. The Morgan fingerprint density at radius 1 is 0.361 bits per heavy atom. The number of ether oxygens (including phenoxy) is 17. The van der Waals surface area contributed by atoms with Crippen LogP contribution in [0.5, 0.6) is 0 Å². The first-order valence-electron chi connectivity index (χ1n) is 37.4. The largest absolute Gasteiger partial charge is 0.477 e. The van der Waals surface area contributed by atoms with Crippen molar-refractivity contribution in [1.29, 1.82) is 0 Å². The molecule has 9 aliphatic rings. The van der Waals surface area contributed by atoms with Crippen molar-refractivity contribution in [2.75, 3.05) is 66.1 Å². The Bertz CT molecular complexity index is 3230. The molecule has 32 N–H and O–H groups in total. The van der Waals surface area contributed by atoms with Crippen molar-refractivity contribution in [3.8, 4) is 0 Å². The van der Waals surface area contributed by atoms with Gasteiger partial charge in [0.25, 0.3) is 5.79 Å². The van der Waals surface area contributed by atoms with Gasteiger partial charge >= 0.3 is 5.97 Å². The standard InChI is InChI=1S/C65H108N4O50/c1-15(79)66-30-38(90)48(112-60-44(96)41(93)34(86)20(6-71)105-60)24(10-75)108-57(30)103-14-27-37(89)54(46(98)62(111-27)113-49-25(11-76)109-58(31(39(49)91)67-16(2)80)116-53-35(87)21(7-72)106-61(45(53)97)115-51-23(9-74)104-56(100)43(95)42(51)94)117-59-32(68-17(3)81)40(92)50(26(12-77)110-59)114-63-47(99)55(36(88)22(8-73)107-63)119-65(64(101)102)4-18(82)29(69-28(84)13-78)52(118-65)33(85)19(83)5-70/h18-27,29-63,70-78,82-83,85-100H,4-14H2,1-3H3,(H,66,79)(H,67,80)(H,68,81)(H,69,84)(H,101,102)/t18-,19+,20+,21+,22+,23+,24+,25+,26+,27+,29+,30+,31+,32+,33+,34-,35-,36-,37-,38+,39+,40+,41-,42+,43+,44+,45+,46+,47+,48+,49+,50+,51+,52+,53-,54-,55-,56?,57+,58-,59-,60-,61-,62-,63-,65-/m0/s1. The maximum absolute atomic E-state index is 13.3. The van der Waals surface area contributed by atoms with Crippen molar-refractivity contribution in [3.63, 3.8) is 0 Å². The van der Waals surface area contributed by atoms with Crippen LogP contribution in [0.25, 0.3) is 0 Å². The lowest BCUT2D eigenvalue weighted by atomic mass is 9.88. The second kappa shape index (κ2) is 42.7. The summed E-state index contributed by atoms with van der Waals surface area (Å²) in [6.07, 6.45) is -89.8. The molecule has 0 saturated carbocycles. The summed E-state index contributed by atoms with van der Waals surface area (Å²) >= 11 is 0. The zero-order valence-electron chi connectivity index (χ0n) is 63.3. The van der Waals surface area contributed by atoms with E-state index in [4.69, 9.17) is 80.5 Å². The van der Waals surface area contributed by atoms with Crippen LogP contribution < -0.4 is 21.3 Å². The van der Waals surface area contributed by atoms with Crippen LogP contribution in [0.2, 0.25) is 0 Å². The van der Waals surface area contributed by atoms with Gasteiger partial charge in [0, 0.05) is 27.2 Å². The lowest BCUT2D eigenvalue weighted by molar-refractivity contribution is -0.393. The van der Waals surface area contributed by atoms with E-state index in [1.54, 1.807) is 0 Å². The molecule has 0 aromatic carbocycles. The number of carboxylic acid groups (broad SMARTS) is 1. The van der Waals surface area contributed by atoms with E-state index in [2.05, 4.69) is 21.3 Å². The summed E-state index contributed by atoms with van der Waals surface area (Å²) in [5.74, 6) is -9.83. The molecule has 0 aliphatic carbocycles. The quantitative estimate of drug-likeness (QED) is 0.0290. The van der Waals surface area contributed by atoms with Crippen molar-refractivity contribution in [3.05, 3.63) is 0 Å². The Balaban J connectivity index is 1.02. The highest BCUT2D eigenvalue weighted by atomic mass is 16.8. The van der Waals surface area contributed by atoms with Crippen LogP contribution in [-0.4, -0.2) is 520 Å². The highest BCUT2D eigenvalue weighted by Gasteiger charge is 2.63. The summed E-state index contributed by atoms with van der Waals surface area (Å²) in [5, 5.41) is 317. The Kier molecular flexibility index (Phi) is 35.3. The second-order valence-electron chi connectivity index (χ2n) is 29.6. The molecule has 46 atom stereocenters. The van der Waals surface area contributed by atoms with Crippen LogP contribution in [-0.2, 0) is 104 Å². The number of aliphatic hydroxyl groups is 27. The molecule has 9 rings (SSSR count). The third-order valence-corrected chi connectivity index (χ3v) is 21.4. The monoisotopic (exact) mass is 1740 g/mol. The number of aliphatic hydroxyl groups excluding tert-OH is 27. The number of rotatable bonds is 33. The summed E-state index contributed by atoms with van der Waals surface area (Å²) < 4.78 is 99.2. The zero-order valence-corrected chi connectivity index (χ0v) is 63.3. The molecule has 54 nitrogen and oxygen atoms in total. The van der Waals surface area contributed by atoms with E-state index in [0.29, 0.717) is 0 Å². The molecular weight excluding hydrogens is 1640 g/mol. The van der Waals surface area contributed by atoms with Crippen LogP contribution in [0.4, 0.5) is 0 Å². The Morgan fingerprint density at radius 2 is 0.706 bits per heavy atom. The van der Waals surface area contributed by atoms with Crippen molar-refractivity contribution in [1.82, 2.24) is 21.3 Å². The third-order valence-electron chi connectivity index (χ3n) is 21.4. The first-order valence-corrected chi connectivity index (χ1v) is 37.4. The summed E-state index contributed by atoms with van der Waals surface area (Å²) in [5.41, 5.74) is 0. The third kappa shape index (κ3) is 21.7. The molecule has 9 aliphatic heterocycles. The zero-order chi connectivity index (χ0) is 88.0. The SMILES string of the molecule is CC(=O)N[C@H]1[C@H](OC[C@H]2O[C@@H](O[C@H]3[C@H](O)[C@@H](NC(C)=O)[C@H](O[C@H]4[C@@H](O)[C@@H](CO)O[C@@H](O[C@H]5[C@H](O)[C@@H](O)C(O)O[C@@H]5CO)[C@@H]4O)O[C@@H]3CO)[C@H](O)[C@@H](O[C@@H]3O[C@H](CO)[C@@H](O[C@@H]4O[C@H](CO)[C@H](O)[C@H](O[C@]5(C(=O)O)C[C@H](O)[C@@H](NC(=O)CO)[C@H]([C@H](O)[C@H](O)CO)O5)[C@H]4O)[C@H](O)[C@H]3NC(C)=O)[C@H]2O)O[C@H](CO)[C@@H](O[C@@H]2O[C@H](CO)[C@H](O)[C@H](O)[C@H]2O)[C@@H]1O. The van der Waals surface area contributed by atoms with Gasteiger partial charge in [-0.15, -0.1) is 0 Å². The van der Waals surface area contributed by atoms with Gasteiger partial charge < -0.3 is 245 Å². The summed E-state index contributed by atoms with van der Waals surface area (Å²) in [6, 6.07) is -7.94. The Labute approximate surface area is 671 Å². The van der Waals surface area contributed by atoms with E-state index >= 15 is 0 Å². The van der Waals surface area contributed by atoms with E-state index in [1.165, 1.54) is 0 Å². The topological polar surface area (TPSA) is 857 Å². The molecule has 0 bridgehead atoms. The van der Waals surface area contributed by atoms with Gasteiger partial charge in [-0.1, -0.05) is 0 Å². The molecule has 4 amide bonds. The van der Waals surface area contributed by atoms with Gasteiger partial charge in [0.1, 0.15) is 220 Å². The number of carbonyl (C=O) groups is 5. The van der Waals surface area contributed by atoms with Crippen LogP contribution in [0.1, 0.15) is 27.2 Å². The van der Waals surface area contributed by atoms with Crippen LogP contribution >= 0.6 is 0 Å². The van der Waals surface area contributed by atoms with E-state index in [1.807, 2.05) is 0 Å². The van der Waals surface area contributed by atoms with Gasteiger partial charge in [0.05, 0.1) is 71.6 Å². The molecule has 0 radical (unpaired) electrons. The van der Waals surface area contributed by atoms with Crippen LogP contribution in [0.15, 0.2) is 0 Å². The molecule has 0 spiro atoms. The van der Waals surface area contributed by atoms with E-state index in [-0.39, 0.29) is 0 Å². The predicted molar refractivity (Wildman–Crippen MR) is 362 cm³/mol. The Morgan fingerprint density at radius 3 is 1.11 bits per heavy atom. The van der Waals surface area contributed by atoms with Crippen molar-refractivity contribution >= 4 is 29.6 Å². The fraction of sp³-hybridized carbons (Fsp3) is 0.923. The lowest BCUT2D eigenvalue weighted by Crippen LogP contribution is -2.71. The lowest BCUT2D eigenvalue weighted by Gasteiger charge is -2.51. The molecule has 0 aromatic rings. The number of hydrogen-bond donors (Lipinski definition) is 32. The molecule has 119 heavy (non-hydrogen) atoms. The number of hydrogen-bond acceptors (Lipinski definition) is 49. The number of amides is 4. The van der Waals surface area contributed by atoms with Gasteiger partial charge in [0.15, 0.2) is 50.3 Å². The minimum Gasteiger partial charge on any atom is -0.477 e. The average Bonchev–Trinajstić information content (AvgIpc) is 0.760. The molecule has 688 valence electrons. The van der Waals surface area contributed by atoms with Crippen LogP contribution in [0.3, 0.4) is 0 Å². The van der Waals surface area contributed by atoms with Gasteiger partial charge in [0.2, 0.25) is 23.6 Å². The number of nitrogens with one attached hydrogen (secondary N) is 4. The van der Waals surface area contributed by atoms with Crippen molar-refractivity contribution in [2.24, 2.45) is 0 Å².